The second kappa shape index (κ2) is 12.3. The number of fused-ring (bicyclic) bond motifs is 1. The maximum Gasteiger partial charge on any atom is 0.429 e. The van der Waals surface area contributed by atoms with Crippen molar-refractivity contribution in [1.82, 2.24) is 0 Å². The molecule has 10 heteroatoms. The molecule has 0 bridgehead atoms. The Morgan fingerprint density at radius 3 is 2.14 bits per heavy atom. The average Bonchev–Trinajstić information content (AvgIpc) is 3.20. The second-order valence-electron chi connectivity index (χ2n) is 14.4. The quantitative estimate of drug-likeness (QED) is 0.177. The van der Waals surface area contributed by atoms with Crippen molar-refractivity contribution in [1.29, 1.82) is 0 Å². The van der Waals surface area contributed by atoms with Crippen molar-refractivity contribution >= 4 is 0 Å². The SMILES string of the molecule is C=C1CC[C@@](O)(F)CC1=CC=C1CCC[C@@]2(C)C1CC[C@@H]2[C@@](C)(CC=CC(O)(C(F)(F)F)C(F)(F)F)CCCC(C)(C)O. The highest BCUT2D eigenvalue weighted by molar-refractivity contribution is 5.37. The zero-order valence-electron chi connectivity index (χ0n) is 25.6. The number of allylic oxidation sites excluding steroid dienone is 5. The summed E-state index contributed by atoms with van der Waals surface area (Å²) in [6.07, 6.45) is -1.77. The van der Waals surface area contributed by atoms with Crippen LogP contribution >= 0.6 is 0 Å². The molecule has 1 unspecified atom stereocenters. The first-order valence-electron chi connectivity index (χ1n) is 15.2. The van der Waals surface area contributed by atoms with E-state index in [0.29, 0.717) is 31.3 Å². The van der Waals surface area contributed by atoms with Crippen LogP contribution in [0.2, 0.25) is 0 Å². The van der Waals surface area contributed by atoms with Gasteiger partial charge in [-0.3, -0.25) is 0 Å². The molecule has 5 atom stereocenters. The summed E-state index contributed by atoms with van der Waals surface area (Å²) in [6.45, 7) is 11.4. The molecule has 3 N–H and O–H groups in total. The van der Waals surface area contributed by atoms with Crippen molar-refractivity contribution in [3.05, 3.63) is 47.6 Å². The third-order valence-corrected chi connectivity index (χ3v) is 10.4. The average molecular weight is 625 g/mol. The molecule has 3 aliphatic rings. The lowest BCUT2D eigenvalue weighted by atomic mass is 9.55. The topological polar surface area (TPSA) is 60.7 Å². The van der Waals surface area contributed by atoms with Gasteiger partial charge in [-0.2, -0.15) is 26.3 Å². The van der Waals surface area contributed by atoms with Gasteiger partial charge >= 0.3 is 12.4 Å². The van der Waals surface area contributed by atoms with E-state index in [1.807, 2.05) is 19.1 Å². The van der Waals surface area contributed by atoms with Gasteiger partial charge in [-0.25, -0.2) is 4.39 Å². The van der Waals surface area contributed by atoms with Crippen molar-refractivity contribution in [2.24, 2.45) is 22.7 Å². The van der Waals surface area contributed by atoms with Gasteiger partial charge in [0.25, 0.3) is 5.60 Å². The molecule has 0 saturated heterocycles. The Labute approximate surface area is 250 Å². The standard InChI is InChI=1S/C33H47F7O3/c1-22-14-20-30(34,42)21-24(22)11-10-23-9-6-18-29(5)25(23)12-13-26(29)28(4,16-7-15-27(2,3)41)17-8-19-31(43,32(35,36)37)33(38,39)40/h8,10-11,19,25-26,41-43H,1,6-7,9,12-18,20-21H2,2-5H3/t25?,26-,28-,29+,30+/m1/s1. The van der Waals surface area contributed by atoms with E-state index in [9.17, 15) is 46.1 Å². The smallest absolute Gasteiger partial charge is 0.390 e. The van der Waals surface area contributed by atoms with Crippen LogP contribution in [0, 0.1) is 22.7 Å². The lowest BCUT2D eigenvalue weighted by Gasteiger charge is -2.49. The number of rotatable bonds is 9. The Hall–Kier alpha value is -1.65. The summed E-state index contributed by atoms with van der Waals surface area (Å²) in [4.78, 5) is 0. The van der Waals surface area contributed by atoms with Gasteiger partial charge in [0.2, 0.25) is 5.85 Å². The van der Waals surface area contributed by atoms with E-state index in [1.165, 1.54) is 5.57 Å². The molecule has 0 aromatic rings. The van der Waals surface area contributed by atoms with Crippen molar-refractivity contribution < 1.29 is 46.1 Å². The molecule has 0 amide bonds. The van der Waals surface area contributed by atoms with Crippen LogP contribution in [0.3, 0.4) is 0 Å². The lowest BCUT2D eigenvalue weighted by molar-refractivity contribution is -0.347. The Morgan fingerprint density at radius 2 is 1.56 bits per heavy atom. The molecule has 0 aromatic carbocycles. The molecule has 0 heterocycles. The van der Waals surface area contributed by atoms with Crippen LogP contribution in [0.25, 0.3) is 0 Å². The first-order valence-corrected chi connectivity index (χ1v) is 15.2. The summed E-state index contributed by atoms with van der Waals surface area (Å²) in [5.74, 6) is -2.18. The van der Waals surface area contributed by atoms with Gasteiger partial charge in [0.1, 0.15) is 0 Å². The van der Waals surface area contributed by atoms with Gasteiger partial charge in [0.15, 0.2) is 0 Å². The number of halogens is 7. The predicted octanol–water partition coefficient (Wildman–Crippen LogP) is 9.20. The number of hydrogen-bond donors (Lipinski definition) is 3. The van der Waals surface area contributed by atoms with E-state index in [2.05, 4.69) is 13.5 Å². The third-order valence-electron chi connectivity index (χ3n) is 10.4. The van der Waals surface area contributed by atoms with Crippen LogP contribution in [-0.2, 0) is 0 Å². The molecule has 246 valence electrons. The lowest BCUT2D eigenvalue weighted by Crippen LogP contribution is -2.55. The van der Waals surface area contributed by atoms with Crippen molar-refractivity contribution in [2.45, 2.75) is 134 Å². The Bertz CT molecular complexity index is 1100. The molecule has 0 radical (unpaired) electrons. The molecule has 0 spiro atoms. The van der Waals surface area contributed by atoms with Gasteiger partial charge in [-0.15, -0.1) is 0 Å². The molecular formula is C33H47F7O3. The second-order valence-corrected chi connectivity index (χ2v) is 14.4. The molecule has 3 fully saturated rings. The number of aliphatic hydroxyl groups is 3. The molecule has 0 aromatic heterocycles. The van der Waals surface area contributed by atoms with Gasteiger partial charge in [-0.1, -0.05) is 56.2 Å². The van der Waals surface area contributed by atoms with Crippen LogP contribution < -0.4 is 0 Å². The number of alkyl halides is 7. The van der Waals surface area contributed by atoms with E-state index < -0.39 is 34.8 Å². The zero-order chi connectivity index (χ0) is 32.7. The van der Waals surface area contributed by atoms with E-state index in [-0.39, 0.29) is 42.6 Å². The molecule has 43 heavy (non-hydrogen) atoms. The monoisotopic (exact) mass is 624 g/mol. The van der Waals surface area contributed by atoms with Crippen molar-refractivity contribution in [2.75, 3.05) is 0 Å². The highest BCUT2D eigenvalue weighted by atomic mass is 19.4. The summed E-state index contributed by atoms with van der Waals surface area (Å²) in [5, 5.41) is 29.9. The zero-order valence-corrected chi connectivity index (χ0v) is 25.6. The predicted molar refractivity (Wildman–Crippen MR) is 152 cm³/mol. The van der Waals surface area contributed by atoms with Gasteiger partial charge in [0, 0.05) is 12.8 Å². The minimum absolute atomic E-state index is 0.00591. The molecule has 3 nitrogen and oxygen atoms in total. The van der Waals surface area contributed by atoms with E-state index >= 15 is 0 Å². The van der Waals surface area contributed by atoms with E-state index in [0.717, 1.165) is 43.8 Å². The molecule has 0 aliphatic heterocycles. The number of hydrogen-bond acceptors (Lipinski definition) is 3. The molecule has 3 saturated carbocycles. The first-order chi connectivity index (χ1) is 19.4. The third kappa shape index (κ3) is 7.96. The fourth-order valence-electron chi connectivity index (χ4n) is 7.97. The van der Waals surface area contributed by atoms with Gasteiger partial charge < -0.3 is 15.3 Å². The summed E-state index contributed by atoms with van der Waals surface area (Å²) < 4.78 is 94.4. The maximum absolute atomic E-state index is 14.3. The summed E-state index contributed by atoms with van der Waals surface area (Å²) in [7, 11) is 0. The van der Waals surface area contributed by atoms with Crippen molar-refractivity contribution in [3.63, 3.8) is 0 Å². The fraction of sp³-hybridized carbons (Fsp3) is 0.758. The van der Waals surface area contributed by atoms with Crippen LogP contribution in [-0.4, -0.2) is 44.7 Å². The van der Waals surface area contributed by atoms with Gasteiger partial charge in [-0.05, 0) is 106 Å². The molecular weight excluding hydrogens is 577 g/mol. The van der Waals surface area contributed by atoms with Crippen LogP contribution in [0.4, 0.5) is 30.7 Å². The van der Waals surface area contributed by atoms with Crippen LogP contribution in [0.15, 0.2) is 47.6 Å². The summed E-state index contributed by atoms with van der Waals surface area (Å²) >= 11 is 0. The van der Waals surface area contributed by atoms with Gasteiger partial charge in [0.05, 0.1) is 5.60 Å². The first kappa shape index (κ1) is 35.8. The minimum atomic E-state index is -5.93. The minimum Gasteiger partial charge on any atom is -0.390 e. The Morgan fingerprint density at radius 1 is 0.930 bits per heavy atom. The Balaban J connectivity index is 1.93. The van der Waals surface area contributed by atoms with Crippen LogP contribution in [0.5, 0.6) is 0 Å². The highest BCUT2D eigenvalue weighted by Crippen LogP contribution is 2.64. The summed E-state index contributed by atoms with van der Waals surface area (Å²) in [5.41, 5.74) is -4.29. The van der Waals surface area contributed by atoms with Crippen molar-refractivity contribution in [3.8, 4) is 0 Å². The fourth-order valence-corrected chi connectivity index (χ4v) is 7.97. The summed E-state index contributed by atoms with van der Waals surface area (Å²) in [6, 6.07) is 0. The van der Waals surface area contributed by atoms with E-state index in [1.54, 1.807) is 13.8 Å². The largest absolute Gasteiger partial charge is 0.429 e. The Kier molecular flexibility index (Phi) is 10.2. The normalized spacial score (nSPS) is 32.9. The molecule has 3 aliphatic carbocycles. The molecule has 3 rings (SSSR count). The maximum atomic E-state index is 14.3. The van der Waals surface area contributed by atoms with E-state index in [4.69, 9.17) is 0 Å². The van der Waals surface area contributed by atoms with Crippen LogP contribution in [0.1, 0.15) is 105 Å². The highest BCUT2D eigenvalue weighted by Gasteiger charge is 2.69.